The lowest BCUT2D eigenvalue weighted by Gasteiger charge is -2.15. The first-order valence-electron chi connectivity index (χ1n) is 7.55. The third-order valence-corrected chi connectivity index (χ3v) is 3.41. The van der Waals surface area contributed by atoms with Crippen molar-refractivity contribution >= 4 is 23.2 Å². The van der Waals surface area contributed by atoms with Gasteiger partial charge in [0.05, 0.1) is 6.61 Å². The maximum atomic E-state index is 13.3. The Morgan fingerprint density at radius 2 is 1.58 bits per heavy atom. The topological polar surface area (TPSA) is 27.7 Å². The van der Waals surface area contributed by atoms with Crippen molar-refractivity contribution in [1.29, 1.82) is 0 Å². The van der Waals surface area contributed by atoms with Crippen LogP contribution < -0.4 is 14.2 Å². The average molecular weight is 407 g/mol. The molecule has 0 saturated heterocycles. The smallest absolute Gasteiger partial charge is 0.420 e. The van der Waals surface area contributed by atoms with E-state index in [4.69, 9.17) is 37.4 Å². The predicted molar refractivity (Wildman–Crippen MR) is 94.4 cm³/mol. The van der Waals surface area contributed by atoms with Crippen molar-refractivity contribution in [2.24, 2.45) is 0 Å². The molecule has 0 N–H and O–H groups in total. The molecule has 0 radical (unpaired) electrons. The fourth-order valence-electron chi connectivity index (χ4n) is 2.02. The van der Waals surface area contributed by atoms with Crippen LogP contribution in [0.4, 0.5) is 13.2 Å². The Balaban J connectivity index is 2.20. The van der Waals surface area contributed by atoms with E-state index in [2.05, 4.69) is 0 Å². The van der Waals surface area contributed by atoms with Crippen molar-refractivity contribution in [3.8, 4) is 23.0 Å². The van der Waals surface area contributed by atoms with Gasteiger partial charge in [-0.1, -0.05) is 23.2 Å². The maximum Gasteiger partial charge on any atom is 0.420 e. The first kappa shape index (κ1) is 20.3. The van der Waals surface area contributed by atoms with Crippen LogP contribution in [0.5, 0.6) is 23.0 Å². The highest BCUT2D eigenvalue weighted by Gasteiger charge is 2.35. The largest absolute Gasteiger partial charge is 0.494 e. The molecule has 0 spiro atoms. The van der Waals surface area contributed by atoms with Crippen molar-refractivity contribution in [2.45, 2.75) is 13.1 Å². The third kappa shape index (κ3) is 6.04. The van der Waals surface area contributed by atoms with E-state index in [1.165, 1.54) is 18.2 Å². The molecule has 0 fully saturated rings. The van der Waals surface area contributed by atoms with Gasteiger partial charge in [0.1, 0.15) is 39.7 Å². The molecule has 26 heavy (non-hydrogen) atoms. The van der Waals surface area contributed by atoms with Crippen molar-refractivity contribution < 1.29 is 27.4 Å². The van der Waals surface area contributed by atoms with E-state index in [9.17, 15) is 13.2 Å². The molecule has 0 aromatic heterocycles. The van der Waals surface area contributed by atoms with Gasteiger partial charge in [0, 0.05) is 0 Å². The number of hydrogen-bond donors (Lipinski definition) is 0. The van der Waals surface area contributed by atoms with Gasteiger partial charge in [0.25, 0.3) is 0 Å². The lowest BCUT2D eigenvalue weighted by Crippen LogP contribution is -2.09. The fourth-order valence-corrected chi connectivity index (χ4v) is 2.15. The number of benzene rings is 2. The van der Waals surface area contributed by atoms with Crippen LogP contribution in [-0.4, -0.2) is 13.2 Å². The van der Waals surface area contributed by atoms with Gasteiger partial charge in [0.15, 0.2) is 0 Å². The van der Waals surface area contributed by atoms with Crippen LogP contribution in [0, 0.1) is 0 Å². The van der Waals surface area contributed by atoms with E-state index in [1.807, 2.05) is 6.92 Å². The maximum absolute atomic E-state index is 13.3. The van der Waals surface area contributed by atoms with Crippen LogP contribution in [-0.2, 0) is 6.18 Å². The monoisotopic (exact) mass is 406 g/mol. The van der Waals surface area contributed by atoms with Crippen LogP contribution in [0.1, 0.15) is 12.5 Å². The second kappa shape index (κ2) is 9.05. The van der Waals surface area contributed by atoms with Crippen LogP contribution in [0.3, 0.4) is 0 Å². The second-order valence-electron chi connectivity index (χ2n) is 4.97. The summed E-state index contributed by atoms with van der Waals surface area (Å²) >= 11 is 10.8. The van der Waals surface area contributed by atoms with E-state index in [0.717, 1.165) is 6.07 Å². The first-order valence-corrected chi connectivity index (χ1v) is 8.31. The summed E-state index contributed by atoms with van der Waals surface area (Å²) in [7, 11) is 0. The molecule has 0 heterocycles. The number of rotatable bonds is 7. The highest BCUT2D eigenvalue weighted by molar-refractivity contribution is 6.55. The predicted octanol–water partition coefficient (Wildman–Crippen LogP) is 6.59. The minimum Gasteiger partial charge on any atom is -0.494 e. The molecule has 3 nitrogen and oxygen atoms in total. The van der Waals surface area contributed by atoms with E-state index in [1.54, 1.807) is 24.3 Å². The molecule has 8 heteroatoms. The van der Waals surface area contributed by atoms with Gasteiger partial charge in [-0.05, 0) is 55.5 Å². The number of ether oxygens (including phenoxy) is 3. The van der Waals surface area contributed by atoms with Gasteiger partial charge < -0.3 is 14.2 Å². The second-order valence-corrected chi connectivity index (χ2v) is 5.97. The molecule has 0 atom stereocenters. The zero-order valence-electron chi connectivity index (χ0n) is 13.6. The molecule has 0 bridgehead atoms. The molecular formula is C18H15Cl2F3O3. The molecule has 0 aliphatic carbocycles. The normalized spacial score (nSPS) is 11.0. The zero-order valence-corrected chi connectivity index (χ0v) is 15.2. The van der Waals surface area contributed by atoms with Crippen LogP contribution >= 0.6 is 23.2 Å². The third-order valence-electron chi connectivity index (χ3n) is 3.10. The summed E-state index contributed by atoms with van der Waals surface area (Å²) in [5.74, 6) is 0.708. The van der Waals surface area contributed by atoms with Gasteiger partial charge in [-0.3, -0.25) is 0 Å². The van der Waals surface area contributed by atoms with E-state index in [0.29, 0.717) is 18.1 Å². The lowest BCUT2D eigenvalue weighted by molar-refractivity contribution is -0.138. The van der Waals surface area contributed by atoms with E-state index >= 15 is 0 Å². The molecular weight excluding hydrogens is 392 g/mol. The molecule has 0 amide bonds. The molecule has 2 aromatic carbocycles. The average Bonchev–Trinajstić information content (AvgIpc) is 2.57. The Kier molecular flexibility index (Phi) is 7.06. The molecule has 2 rings (SSSR count). The quantitative estimate of drug-likeness (QED) is 0.518. The highest BCUT2D eigenvalue weighted by Crippen LogP contribution is 2.39. The van der Waals surface area contributed by atoms with Gasteiger partial charge >= 0.3 is 6.18 Å². The van der Waals surface area contributed by atoms with Crippen molar-refractivity contribution in [3.05, 3.63) is 58.6 Å². The van der Waals surface area contributed by atoms with E-state index in [-0.39, 0.29) is 22.6 Å². The minimum atomic E-state index is -4.61. The van der Waals surface area contributed by atoms with Crippen molar-refractivity contribution in [1.82, 2.24) is 0 Å². The summed E-state index contributed by atoms with van der Waals surface area (Å²) in [6.45, 7) is 2.18. The first-order chi connectivity index (χ1) is 12.3. The number of halogens is 5. The number of alkyl halides is 3. The van der Waals surface area contributed by atoms with Crippen LogP contribution in [0.15, 0.2) is 53.0 Å². The molecule has 0 aliphatic rings. The molecule has 0 saturated carbocycles. The molecule has 140 valence electrons. The van der Waals surface area contributed by atoms with Gasteiger partial charge in [-0.2, -0.15) is 13.2 Å². The summed E-state index contributed by atoms with van der Waals surface area (Å²) in [5, 5.41) is 0. The van der Waals surface area contributed by atoms with Gasteiger partial charge in [-0.25, -0.2) is 0 Å². The summed E-state index contributed by atoms with van der Waals surface area (Å²) < 4.78 is 55.6. The Hall–Kier alpha value is -2.05. The minimum absolute atomic E-state index is 0.0275. The summed E-state index contributed by atoms with van der Waals surface area (Å²) in [6.07, 6.45) is -3.37. The zero-order chi connectivity index (χ0) is 19.2. The molecule has 2 aromatic rings. The summed E-state index contributed by atoms with van der Waals surface area (Å²) in [5.41, 5.74) is -0.958. The molecule has 0 aliphatic heterocycles. The lowest BCUT2D eigenvalue weighted by atomic mass is 10.2. The standard InChI is InChI=1S/C18H15Cl2F3O3/c1-2-24-12-3-5-13(6-4-12)26-14-7-8-16(25-10-9-17(19)20)15(11-14)18(21,22)23/h3-9,11H,2,10H2,1H3. The van der Waals surface area contributed by atoms with Gasteiger partial charge in [0.2, 0.25) is 0 Å². The molecule has 0 unspecified atom stereocenters. The highest BCUT2D eigenvalue weighted by atomic mass is 35.5. The van der Waals surface area contributed by atoms with Crippen molar-refractivity contribution in [3.63, 3.8) is 0 Å². The SMILES string of the molecule is CCOc1ccc(Oc2ccc(OCC=C(Cl)Cl)c(C(F)(F)F)c2)cc1. The van der Waals surface area contributed by atoms with Gasteiger partial charge in [-0.15, -0.1) is 0 Å². The number of hydrogen-bond acceptors (Lipinski definition) is 3. The summed E-state index contributed by atoms with van der Waals surface area (Å²) in [6, 6.07) is 9.99. The Morgan fingerprint density at radius 1 is 0.962 bits per heavy atom. The Bertz CT molecular complexity index is 755. The fraction of sp³-hybridized carbons (Fsp3) is 0.222. The Morgan fingerprint density at radius 3 is 2.15 bits per heavy atom. The Labute approximate surface area is 158 Å². The van der Waals surface area contributed by atoms with Crippen LogP contribution in [0.25, 0.3) is 0 Å². The van der Waals surface area contributed by atoms with Crippen LogP contribution in [0.2, 0.25) is 0 Å². The summed E-state index contributed by atoms with van der Waals surface area (Å²) in [4.78, 5) is 0. The van der Waals surface area contributed by atoms with Crippen molar-refractivity contribution in [2.75, 3.05) is 13.2 Å². The van der Waals surface area contributed by atoms with E-state index < -0.39 is 11.7 Å².